The number of nitrogens with zero attached hydrogens (tertiary/aromatic N) is 3. The molecule has 0 aromatic heterocycles. The van der Waals surface area contributed by atoms with Gasteiger partial charge in [0.15, 0.2) is 0 Å². The van der Waals surface area contributed by atoms with Crippen LogP contribution in [0.3, 0.4) is 0 Å². The van der Waals surface area contributed by atoms with Gasteiger partial charge in [-0.15, -0.1) is 10.2 Å². The van der Waals surface area contributed by atoms with Crippen LogP contribution in [0.15, 0.2) is 39.9 Å². The van der Waals surface area contributed by atoms with Crippen LogP contribution in [-0.4, -0.2) is 22.6 Å². The third-order valence-corrected chi connectivity index (χ3v) is 2.53. The number of halogens is 1. The van der Waals surface area contributed by atoms with Gasteiger partial charge in [-0.2, -0.15) is 0 Å². The molecule has 8 nitrogen and oxygen atoms in total. The number of carbonyl (C=O) groups excluding carboxylic acids is 1. The predicted octanol–water partition coefficient (Wildman–Crippen LogP) is 3.68. The maximum Gasteiger partial charge on any atom is 0.362 e. The first-order valence-electron chi connectivity index (χ1n) is 5.79. The van der Waals surface area contributed by atoms with Crippen molar-refractivity contribution >= 4 is 28.9 Å². The lowest BCUT2D eigenvalue weighted by molar-refractivity contribution is -0.384. The van der Waals surface area contributed by atoms with E-state index in [1.165, 1.54) is 19.1 Å². The van der Waals surface area contributed by atoms with E-state index in [-0.39, 0.29) is 23.0 Å². The molecule has 0 radical (unpaired) electrons. The minimum absolute atomic E-state index is 0.00563. The number of ether oxygens (including phenoxy) is 1. The second kappa shape index (κ2) is 7.34. The number of aliphatic hydroxyl groups excluding tert-OH is 1. The first-order chi connectivity index (χ1) is 9.86. The van der Waals surface area contributed by atoms with Gasteiger partial charge < -0.3 is 9.84 Å². The molecule has 1 N–H and O–H groups in total. The summed E-state index contributed by atoms with van der Waals surface area (Å²) >= 11 is 5.83. The summed E-state index contributed by atoms with van der Waals surface area (Å²) in [7, 11) is 0. The summed E-state index contributed by atoms with van der Waals surface area (Å²) in [6.07, 6.45) is 0. The molecule has 112 valence electrons. The molecular formula is C12H12ClN3O5. The van der Waals surface area contributed by atoms with E-state index < -0.39 is 22.3 Å². The van der Waals surface area contributed by atoms with Crippen LogP contribution in [-0.2, 0) is 9.53 Å². The molecule has 1 rings (SSSR count). The summed E-state index contributed by atoms with van der Waals surface area (Å²) in [6.45, 7) is 2.93. The molecular weight excluding hydrogens is 302 g/mol. The minimum Gasteiger partial charge on any atom is -0.510 e. The average molecular weight is 314 g/mol. The fourth-order valence-electron chi connectivity index (χ4n) is 1.26. The predicted molar refractivity (Wildman–Crippen MR) is 74.6 cm³/mol. The molecule has 9 heteroatoms. The molecule has 0 spiro atoms. The van der Waals surface area contributed by atoms with Gasteiger partial charge in [0, 0.05) is 12.1 Å². The summed E-state index contributed by atoms with van der Waals surface area (Å²) in [5.41, 5.74) is -0.635. The van der Waals surface area contributed by atoms with E-state index >= 15 is 0 Å². The van der Waals surface area contributed by atoms with Gasteiger partial charge in [-0.1, -0.05) is 11.6 Å². The molecule has 1 aromatic rings. The highest BCUT2D eigenvalue weighted by Gasteiger charge is 2.15. The van der Waals surface area contributed by atoms with Gasteiger partial charge in [0.1, 0.15) is 11.4 Å². The van der Waals surface area contributed by atoms with Gasteiger partial charge in [0.2, 0.25) is 5.70 Å². The molecule has 0 aliphatic heterocycles. The third-order valence-electron chi connectivity index (χ3n) is 2.21. The number of nitro benzene ring substituents is 1. The molecule has 0 atom stereocenters. The number of azo groups is 1. The molecule has 0 saturated carbocycles. The zero-order valence-electron chi connectivity index (χ0n) is 11.2. The highest BCUT2D eigenvalue weighted by atomic mass is 35.5. The molecule has 0 aliphatic rings. The van der Waals surface area contributed by atoms with Crippen molar-refractivity contribution < 1.29 is 19.6 Å². The second-order valence-electron chi connectivity index (χ2n) is 3.75. The Balaban J connectivity index is 3.13. The Labute approximate surface area is 124 Å². The lowest BCUT2D eigenvalue weighted by Crippen LogP contribution is -2.07. The third kappa shape index (κ3) is 4.53. The molecule has 0 bridgehead atoms. The SMILES string of the molecule is CCOC(=O)/C(N=Nc1cc([N+](=O)[O-])ccc1Cl)=C(/C)O. The van der Waals surface area contributed by atoms with Crippen molar-refractivity contribution in [2.45, 2.75) is 13.8 Å². The quantitative estimate of drug-likeness (QED) is 0.222. The van der Waals surface area contributed by atoms with E-state index in [9.17, 15) is 20.0 Å². The first kappa shape index (κ1) is 16.6. The number of benzene rings is 1. The number of esters is 1. The maximum atomic E-state index is 11.5. The van der Waals surface area contributed by atoms with E-state index in [1.807, 2.05) is 0 Å². The van der Waals surface area contributed by atoms with Crippen molar-refractivity contribution in [1.82, 2.24) is 0 Å². The lowest BCUT2D eigenvalue weighted by atomic mass is 10.3. The Bertz CT molecular complexity index is 623. The van der Waals surface area contributed by atoms with Crippen molar-refractivity contribution in [3.05, 3.63) is 44.8 Å². The van der Waals surface area contributed by atoms with Gasteiger partial charge in [0.05, 0.1) is 16.6 Å². The standard InChI is InChI=1S/C12H12ClN3O5/c1-3-21-12(18)11(7(2)17)15-14-10-6-8(16(19)20)4-5-9(10)13/h4-6,17H,3H2,1-2H3/b11-7+,15-14?. The molecule has 1 aromatic carbocycles. The van der Waals surface area contributed by atoms with Crippen LogP contribution < -0.4 is 0 Å². The van der Waals surface area contributed by atoms with Crippen LogP contribution in [0.5, 0.6) is 0 Å². The topological polar surface area (TPSA) is 114 Å². The van der Waals surface area contributed by atoms with Crippen molar-refractivity contribution in [3.8, 4) is 0 Å². The summed E-state index contributed by atoms with van der Waals surface area (Å²) in [6, 6.07) is 3.59. The van der Waals surface area contributed by atoms with Crippen molar-refractivity contribution in [2.75, 3.05) is 6.61 Å². The lowest BCUT2D eigenvalue weighted by Gasteiger charge is -2.02. The van der Waals surface area contributed by atoms with E-state index in [4.69, 9.17) is 16.3 Å². The number of rotatable bonds is 5. The number of nitro groups is 1. The molecule has 21 heavy (non-hydrogen) atoms. The normalized spacial score (nSPS) is 12.1. The van der Waals surface area contributed by atoms with Gasteiger partial charge >= 0.3 is 5.97 Å². The molecule has 0 fully saturated rings. The summed E-state index contributed by atoms with van der Waals surface area (Å²) in [4.78, 5) is 21.6. The monoisotopic (exact) mass is 313 g/mol. The molecule has 0 aliphatic carbocycles. The molecule has 0 heterocycles. The zero-order chi connectivity index (χ0) is 16.0. The van der Waals surface area contributed by atoms with Crippen LogP contribution in [0.4, 0.5) is 11.4 Å². The van der Waals surface area contributed by atoms with Crippen LogP contribution >= 0.6 is 11.6 Å². The van der Waals surface area contributed by atoms with Crippen LogP contribution in [0.25, 0.3) is 0 Å². The summed E-state index contributed by atoms with van der Waals surface area (Å²) in [5.74, 6) is -1.25. The molecule has 0 unspecified atom stereocenters. The highest BCUT2D eigenvalue weighted by molar-refractivity contribution is 6.33. The van der Waals surface area contributed by atoms with Crippen LogP contribution in [0, 0.1) is 10.1 Å². The Morgan fingerprint density at radius 2 is 2.19 bits per heavy atom. The smallest absolute Gasteiger partial charge is 0.362 e. The largest absolute Gasteiger partial charge is 0.510 e. The summed E-state index contributed by atoms with van der Waals surface area (Å²) in [5, 5.41) is 27.4. The number of allylic oxidation sites excluding steroid dienone is 1. The number of hydrogen-bond donors (Lipinski definition) is 1. The first-order valence-corrected chi connectivity index (χ1v) is 6.17. The van der Waals surface area contributed by atoms with Crippen LogP contribution in [0.1, 0.15) is 13.8 Å². The number of carbonyl (C=O) groups is 1. The van der Waals surface area contributed by atoms with Crippen molar-refractivity contribution in [3.63, 3.8) is 0 Å². The van der Waals surface area contributed by atoms with Crippen LogP contribution in [0.2, 0.25) is 5.02 Å². The maximum absolute atomic E-state index is 11.5. The summed E-state index contributed by atoms with van der Waals surface area (Å²) < 4.78 is 4.69. The van der Waals surface area contributed by atoms with E-state index in [0.717, 1.165) is 6.07 Å². The van der Waals surface area contributed by atoms with E-state index in [2.05, 4.69) is 10.2 Å². The van der Waals surface area contributed by atoms with Gasteiger partial charge in [0.25, 0.3) is 5.69 Å². The zero-order valence-corrected chi connectivity index (χ0v) is 12.0. The van der Waals surface area contributed by atoms with Gasteiger partial charge in [-0.3, -0.25) is 10.1 Å². The second-order valence-corrected chi connectivity index (χ2v) is 4.15. The molecule has 0 saturated heterocycles. The van der Waals surface area contributed by atoms with Gasteiger partial charge in [-0.25, -0.2) is 4.79 Å². The number of aliphatic hydroxyl groups is 1. The fraction of sp³-hybridized carbons (Fsp3) is 0.250. The fourth-order valence-corrected chi connectivity index (χ4v) is 1.41. The number of non-ortho nitro benzene ring substituents is 1. The number of hydrogen-bond acceptors (Lipinski definition) is 7. The molecule has 0 amide bonds. The Hall–Kier alpha value is -2.48. The van der Waals surface area contributed by atoms with E-state index in [1.54, 1.807) is 6.92 Å². The van der Waals surface area contributed by atoms with Crippen molar-refractivity contribution in [2.24, 2.45) is 10.2 Å². The highest BCUT2D eigenvalue weighted by Crippen LogP contribution is 2.30. The van der Waals surface area contributed by atoms with Crippen molar-refractivity contribution in [1.29, 1.82) is 0 Å². The van der Waals surface area contributed by atoms with Gasteiger partial charge in [-0.05, 0) is 19.9 Å². The van der Waals surface area contributed by atoms with E-state index in [0.29, 0.717) is 0 Å². The Morgan fingerprint density at radius 3 is 2.71 bits per heavy atom. The minimum atomic E-state index is -0.859. The average Bonchev–Trinajstić information content (AvgIpc) is 2.40. The Morgan fingerprint density at radius 1 is 1.52 bits per heavy atom. The Kier molecular flexibility index (Phi) is 5.79.